The summed E-state index contributed by atoms with van der Waals surface area (Å²) in [5, 5.41) is 18.8. The molecule has 1 heterocycles. The maximum absolute atomic E-state index is 11.8. The van der Waals surface area contributed by atoms with Crippen molar-refractivity contribution in [2.75, 3.05) is 6.54 Å². The molecular formula is C12H14N4O2. The number of H-pyrrole nitrogens is 1. The molecule has 0 aliphatic rings. The van der Waals surface area contributed by atoms with Gasteiger partial charge in [0.1, 0.15) is 17.9 Å². The van der Waals surface area contributed by atoms with Crippen molar-refractivity contribution >= 4 is 5.91 Å². The van der Waals surface area contributed by atoms with E-state index in [0.29, 0.717) is 18.8 Å². The topological polar surface area (TPSA) is 90.9 Å². The number of carbonyl (C=O) groups excluding carboxylic acids is 1. The van der Waals surface area contributed by atoms with Crippen LogP contribution >= 0.6 is 0 Å². The number of benzene rings is 1. The molecule has 2 aromatic rings. The molecule has 1 aromatic carbocycles. The Morgan fingerprint density at radius 2 is 2.33 bits per heavy atom. The van der Waals surface area contributed by atoms with Gasteiger partial charge in [0.2, 0.25) is 0 Å². The molecule has 6 nitrogen and oxygen atoms in total. The fourth-order valence-electron chi connectivity index (χ4n) is 1.57. The van der Waals surface area contributed by atoms with E-state index >= 15 is 0 Å². The first-order valence-corrected chi connectivity index (χ1v) is 5.59. The summed E-state index contributed by atoms with van der Waals surface area (Å²) in [5.41, 5.74) is 1.18. The summed E-state index contributed by atoms with van der Waals surface area (Å²) in [5.74, 6) is 0.405. The molecule has 1 amide bonds. The standard InChI is InChI=1S/C12H14N4O2/c1-8-2-3-9(10(17)6-8)12(18)13-5-4-11-14-7-15-16-11/h2-3,6-7,17H,4-5H2,1H3,(H,13,18)(H,14,15,16). The summed E-state index contributed by atoms with van der Waals surface area (Å²) in [6.45, 7) is 2.28. The van der Waals surface area contributed by atoms with E-state index in [4.69, 9.17) is 0 Å². The Balaban J connectivity index is 1.91. The number of aryl methyl sites for hydroxylation is 1. The Kier molecular flexibility index (Phi) is 3.57. The van der Waals surface area contributed by atoms with Gasteiger partial charge in [-0.3, -0.25) is 9.89 Å². The Bertz CT molecular complexity index is 537. The van der Waals surface area contributed by atoms with Crippen LogP contribution in [0.4, 0.5) is 0 Å². The molecule has 0 saturated carbocycles. The number of nitrogens with zero attached hydrogens (tertiary/aromatic N) is 2. The highest BCUT2D eigenvalue weighted by atomic mass is 16.3. The van der Waals surface area contributed by atoms with Crippen LogP contribution in [-0.2, 0) is 6.42 Å². The highest BCUT2D eigenvalue weighted by Crippen LogP contribution is 2.17. The van der Waals surface area contributed by atoms with Crippen LogP contribution in [-0.4, -0.2) is 32.7 Å². The van der Waals surface area contributed by atoms with Gasteiger partial charge in [-0.15, -0.1) is 0 Å². The second-order valence-corrected chi connectivity index (χ2v) is 3.96. The van der Waals surface area contributed by atoms with E-state index in [2.05, 4.69) is 20.5 Å². The average molecular weight is 246 g/mol. The third kappa shape index (κ3) is 2.85. The molecule has 0 aliphatic heterocycles. The fraction of sp³-hybridized carbons (Fsp3) is 0.250. The summed E-state index contributed by atoms with van der Waals surface area (Å²) >= 11 is 0. The van der Waals surface area contributed by atoms with E-state index in [9.17, 15) is 9.90 Å². The van der Waals surface area contributed by atoms with Crippen molar-refractivity contribution in [1.82, 2.24) is 20.5 Å². The predicted molar refractivity (Wildman–Crippen MR) is 65.3 cm³/mol. The summed E-state index contributed by atoms with van der Waals surface area (Å²) in [7, 11) is 0. The Morgan fingerprint density at radius 3 is 3.00 bits per heavy atom. The molecular weight excluding hydrogens is 232 g/mol. The summed E-state index contributed by atoms with van der Waals surface area (Å²) in [6, 6.07) is 4.95. The summed E-state index contributed by atoms with van der Waals surface area (Å²) in [4.78, 5) is 15.7. The van der Waals surface area contributed by atoms with E-state index < -0.39 is 0 Å². The molecule has 2 rings (SSSR count). The maximum Gasteiger partial charge on any atom is 0.255 e. The molecule has 0 aliphatic carbocycles. The average Bonchev–Trinajstić information content (AvgIpc) is 2.81. The van der Waals surface area contributed by atoms with Crippen LogP contribution < -0.4 is 5.32 Å². The van der Waals surface area contributed by atoms with Gasteiger partial charge in [-0.2, -0.15) is 5.10 Å². The lowest BCUT2D eigenvalue weighted by Gasteiger charge is -2.06. The zero-order valence-corrected chi connectivity index (χ0v) is 9.97. The number of nitrogens with one attached hydrogen (secondary N) is 2. The van der Waals surface area contributed by atoms with Crippen molar-refractivity contribution in [1.29, 1.82) is 0 Å². The molecule has 18 heavy (non-hydrogen) atoms. The minimum absolute atomic E-state index is 0.00725. The second-order valence-electron chi connectivity index (χ2n) is 3.96. The molecule has 0 radical (unpaired) electrons. The van der Waals surface area contributed by atoms with Gasteiger partial charge in [-0.25, -0.2) is 4.98 Å². The number of aromatic amines is 1. The number of carbonyl (C=O) groups is 1. The molecule has 1 aromatic heterocycles. The minimum atomic E-state index is -0.299. The SMILES string of the molecule is Cc1ccc(C(=O)NCCc2ncn[nH]2)c(O)c1. The van der Waals surface area contributed by atoms with Gasteiger partial charge < -0.3 is 10.4 Å². The maximum atomic E-state index is 11.8. The second kappa shape index (κ2) is 5.31. The first-order chi connectivity index (χ1) is 8.66. The quantitative estimate of drug-likeness (QED) is 0.744. The zero-order chi connectivity index (χ0) is 13.0. The van der Waals surface area contributed by atoms with Crippen molar-refractivity contribution in [3.63, 3.8) is 0 Å². The first kappa shape index (κ1) is 12.1. The Morgan fingerprint density at radius 1 is 1.50 bits per heavy atom. The molecule has 0 bridgehead atoms. The van der Waals surface area contributed by atoms with Gasteiger partial charge in [0.25, 0.3) is 5.91 Å². The monoisotopic (exact) mass is 246 g/mol. The Hall–Kier alpha value is -2.37. The highest BCUT2D eigenvalue weighted by Gasteiger charge is 2.10. The van der Waals surface area contributed by atoms with Crippen molar-refractivity contribution in [2.45, 2.75) is 13.3 Å². The van der Waals surface area contributed by atoms with Gasteiger partial charge in [-0.1, -0.05) is 6.07 Å². The molecule has 0 atom stereocenters. The number of phenols is 1. The van der Waals surface area contributed by atoms with Crippen molar-refractivity contribution in [2.24, 2.45) is 0 Å². The minimum Gasteiger partial charge on any atom is -0.507 e. The number of aromatic hydroxyl groups is 1. The molecule has 6 heteroatoms. The van der Waals surface area contributed by atoms with E-state index in [1.54, 1.807) is 18.2 Å². The van der Waals surface area contributed by atoms with Gasteiger partial charge >= 0.3 is 0 Å². The molecule has 0 spiro atoms. The lowest BCUT2D eigenvalue weighted by atomic mass is 10.1. The number of rotatable bonds is 4. The Labute approximate surface area is 104 Å². The molecule has 0 fully saturated rings. The van der Waals surface area contributed by atoms with Crippen molar-refractivity contribution in [3.05, 3.63) is 41.5 Å². The fourth-order valence-corrected chi connectivity index (χ4v) is 1.57. The predicted octanol–water partition coefficient (Wildman–Crippen LogP) is 0.791. The van der Waals surface area contributed by atoms with Gasteiger partial charge in [-0.05, 0) is 24.6 Å². The normalized spacial score (nSPS) is 10.3. The van der Waals surface area contributed by atoms with Crippen LogP contribution in [0.5, 0.6) is 5.75 Å². The highest BCUT2D eigenvalue weighted by molar-refractivity contribution is 5.96. The number of hydrogen-bond acceptors (Lipinski definition) is 4. The smallest absolute Gasteiger partial charge is 0.255 e. The van der Waals surface area contributed by atoms with Crippen LogP contribution in [0.15, 0.2) is 24.5 Å². The lowest BCUT2D eigenvalue weighted by Crippen LogP contribution is -2.26. The van der Waals surface area contributed by atoms with Crippen LogP contribution in [0, 0.1) is 6.92 Å². The molecule has 94 valence electrons. The van der Waals surface area contributed by atoms with E-state index in [0.717, 1.165) is 5.56 Å². The molecule has 3 N–H and O–H groups in total. The first-order valence-electron chi connectivity index (χ1n) is 5.59. The van der Waals surface area contributed by atoms with Gasteiger partial charge in [0, 0.05) is 13.0 Å². The van der Waals surface area contributed by atoms with Gasteiger partial charge in [0.05, 0.1) is 5.56 Å². The van der Waals surface area contributed by atoms with E-state index in [1.807, 2.05) is 6.92 Å². The number of aromatic nitrogens is 3. The molecule has 0 unspecified atom stereocenters. The third-order valence-corrected chi connectivity index (χ3v) is 2.51. The van der Waals surface area contributed by atoms with Crippen LogP contribution in [0.1, 0.15) is 21.7 Å². The number of amides is 1. The summed E-state index contributed by atoms with van der Waals surface area (Å²) in [6.07, 6.45) is 1.99. The largest absolute Gasteiger partial charge is 0.507 e. The van der Waals surface area contributed by atoms with Gasteiger partial charge in [0.15, 0.2) is 0 Å². The number of phenolic OH excluding ortho intramolecular Hbond substituents is 1. The summed E-state index contributed by atoms with van der Waals surface area (Å²) < 4.78 is 0. The van der Waals surface area contributed by atoms with Crippen molar-refractivity contribution < 1.29 is 9.90 Å². The van der Waals surface area contributed by atoms with Crippen molar-refractivity contribution in [3.8, 4) is 5.75 Å². The van der Waals surface area contributed by atoms with Crippen LogP contribution in [0.3, 0.4) is 0 Å². The molecule has 0 saturated heterocycles. The number of hydrogen-bond donors (Lipinski definition) is 3. The van der Waals surface area contributed by atoms with E-state index in [-0.39, 0.29) is 17.2 Å². The van der Waals surface area contributed by atoms with E-state index in [1.165, 1.54) is 6.33 Å². The lowest BCUT2D eigenvalue weighted by molar-refractivity contribution is 0.0951. The van der Waals surface area contributed by atoms with Crippen LogP contribution in [0.2, 0.25) is 0 Å². The van der Waals surface area contributed by atoms with Crippen LogP contribution in [0.25, 0.3) is 0 Å². The zero-order valence-electron chi connectivity index (χ0n) is 9.97. The third-order valence-electron chi connectivity index (χ3n) is 2.51.